The van der Waals surface area contributed by atoms with Gasteiger partial charge in [-0.1, -0.05) is 41.2 Å². The van der Waals surface area contributed by atoms with E-state index in [0.29, 0.717) is 6.42 Å². The molecule has 0 aliphatic heterocycles. The zero-order chi connectivity index (χ0) is 21.2. The molecule has 0 unspecified atom stereocenters. The number of nitrogens with zero attached hydrogens (tertiary/aromatic N) is 3. The highest BCUT2D eigenvalue weighted by Gasteiger charge is 2.25. The van der Waals surface area contributed by atoms with Crippen molar-refractivity contribution in [1.29, 1.82) is 0 Å². The first-order valence-electron chi connectivity index (χ1n) is 10.6. The minimum atomic E-state index is 0.0430. The lowest BCUT2D eigenvalue weighted by molar-refractivity contribution is -0.116. The molecule has 1 amide bonds. The van der Waals surface area contributed by atoms with E-state index < -0.39 is 0 Å². The van der Waals surface area contributed by atoms with Crippen LogP contribution in [0.5, 0.6) is 0 Å². The standard InChI is InChI=1S/C24H24N4OS2/c1-16-11-13-17(14-12-16)30-15-5-10-22(29)26-23-18-6-4-8-19(18)27-28(23)24-25-20-7-2-3-9-21(20)31-24/h2-3,7,9,11-14H,4-6,8,10,15H2,1H3,(H,26,29). The Morgan fingerprint density at radius 1 is 1.16 bits per heavy atom. The molecule has 0 spiro atoms. The molecular formula is C24H24N4OS2. The SMILES string of the molecule is Cc1ccc(SCCCC(=O)Nc2c3c(nn2-c2nc4ccccc4s2)CCC3)cc1. The molecule has 2 aromatic heterocycles. The summed E-state index contributed by atoms with van der Waals surface area (Å²) < 4.78 is 2.96. The van der Waals surface area contributed by atoms with Crippen molar-refractivity contribution in [3.05, 3.63) is 65.4 Å². The van der Waals surface area contributed by atoms with Crippen molar-refractivity contribution in [2.75, 3.05) is 11.1 Å². The van der Waals surface area contributed by atoms with Crippen molar-refractivity contribution in [3.63, 3.8) is 0 Å². The van der Waals surface area contributed by atoms with Gasteiger partial charge in [0.1, 0.15) is 5.82 Å². The Balaban J connectivity index is 1.27. The van der Waals surface area contributed by atoms with Gasteiger partial charge in [-0.15, -0.1) is 11.8 Å². The molecule has 0 atom stereocenters. The van der Waals surface area contributed by atoms with E-state index in [1.807, 2.05) is 22.9 Å². The maximum absolute atomic E-state index is 12.7. The van der Waals surface area contributed by atoms with E-state index in [-0.39, 0.29) is 5.91 Å². The summed E-state index contributed by atoms with van der Waals surface area (Å²) >= 11 is 3.40. The quantitative estimate of drug-likeness (QED) is 0.287. The Hall–Kier alpha value is -2.64. The second-order valence-electron chi connectivity index (χ2n) is 7.82. The molecule has 1 N–H and O–H groups in total. The number of thiazole rings is 1. The van der Waals surface area contributed by atoms with Crippen LogP contribution in [-0.2, 0) is 17.6 Å². The summed E-state index contributed by atoms with van der Waals surface area (Å²) in [5.74, 6) is 1.77. The van der Waals surface area contributed by atoms with E-state index in [2.05, 4.69) is 42.6 Å². The third-order valence-corrected chi connectivity index (χ3v) is 7.58. The molecular weight excluding hydrogens is 424 g/mol. The number of hydrogen-bond acceptors (Lipinski definition) is 5. The second-order valence-corrected chi connectivity index (χ2v) is 9.99. The smallest absolute Gasteiger partial charge is 0.225 e. The molecule has 1 aliphatic carbocycles. The van der Waals surface area contributed by atoms with Crippen molar-refractivity contribution in [2.24, 2.45) is 0 Å². The predicted octanol–water partition coefficient (Wildman–Crippen LogP) is 5.79. The number of aromatic nitrogens is 3. The maximum Gasteiger partial charge on any atom is 0.225 e. The Morgan fingerprint density at radius 2 is 2.00 bits per heavy atom. The number of aryl methyl sites for hydroxylation is 2. The fourth-order valence-corrected chi connectivity index (χ4v) is 5.64. The normalized spacial score (nSPS) is 12.9. The third kappa shape index (κ3) is 4.38. The fourth-order valence-electron chi connectivity index (χ4n) is 3.86. The lowest BCUT2D eigenvalue weighted by Gasteiger charge is -2.09. The Kier molecular flexibility index (Phi) is 5.78. The molecule has 158 valence electrons. The highest BCUT2D eigenvalue weighted by molar-refractivity contribution is 7.99. The van der Waals surface area contributed by atoms with E-state index >= 15 is 0 Å². The van der Waals surface area contributed by atoms with Crippen LogP contribution in [0.15, 0.2) is 53.4 Å². The van der Waals surface area contributed by atoms with E-state index in [1.165, 1.54) is 16.0 Å². The van der Waals surface area contributed by atoms with Crippen molar-refractivity contribution >= 4 is 45.0 Å². The molecule has 7 heteroatoms. The van der Waals surface area contributed by atoms with Crippen LogP contribution in [-0.4, -0.2) is 26.4 Å². The summed E-state index contributed by atoms with van der Waals surface area (Å²) in [6.07, 6.45) is 4.34. The number of hydrogen-bond donors (Lipinski definition) is 1. The largest absolute Gasteiger partial charge is 0.310 e. The van der Waals surface area contributed by atoms with Gasteiger partial charge in [0.25, 0.3) is 0 Å². The summed E-state index contributed by atoms with van der Waals surface area (Å²) in [4.78, 5) is 18.7. The average Bonchev–Trinajstić information content (AvgIpc) is 3.47. The Morgan fingerprint density at radius 3 is 2.84 bits per heavy atom. The summed E-state index contributed by atoms with van der Waals surface area (Å²) in [5, 5.41) is 8.76. The zero-order valence-corrected chi connectivity index (χ0v) is 19.1. The highest BCUT2D eigenvalue weighted by atomic mass is 32.2. The highest BCUT2D eigenvalue weighted by Crippen LogP contribution is 2.33. The van der Waals surface area contributed by atoms with Crippen LogP contribution in [0.25, 0.3) is 15.3 Å². The van der Waals surface area contributed by atoms with Gasteiger partial charge in [-0.2, -0.15) is 9.78 Å². The number of carbonyl (C=O) groups excluding carboxylic acids is 1. The number of carbonyl (C=O) groups is 1. The van der Waals surface area contributed by atoms with Gasteiger partial charge in [0, 0.05) is 16.9 Å². The van der Waals surface area contributed by atoms with Crippen LogP contribution in [0.4, 0.5) is 5.82 Å². The van der Waals surface area contributed by atoms with E-state index in [0.717, 1.165) is 58.3 Å². The van der Waals surface area contributed by atoms with Gasteiger partial charge >= 0.3 is 0 Å². The number of amides is 1. The van der Waals surface area contributed by atoms with Crippen molar-refractivity contribution in [1.82, 2.24) is 14.8 Å². The number of para-hydroxylation sites is 1. The Labute approximate surface area is 189 Å². The number of nitrogens with one attached hydrogen (secondary N) is 1. The van der Waals surface area contributed by atoms with Gasteiger partial charge in [-0.25, -0.2) is 4.98 Å². The van der Waals surface area contributed by atoms with Crippen molar-refractivity contribution < 1.29 is 4.79 Å². The average molecular weight is 449 g/mol. The molecule has 0 saturated heterocycles. The number of anilines is 1. The van der Waals surface area contributed by atoms with Crippen LogP contribution in [0.2, 0.25) is 0 Å². The predicted molar refractivity (Wildman–Crippen MR) is 129 cm³/mol. The number of fused-ring (bicyclic) bond motifs is 2. The van der Waals surface area contributed by atoms with Crippen LogP contribution < -0.4 is 5.32 Å². The first kappa shape index (κ1) is 20.3. The molecule has 2 heterocycles. The van der Waals surface area contributed by atoms with Gasteiger partial charge in [-0.3, -0.25) is 4.79 Å². The topological polar surface area (TPSA) is 59.8 Å². The number of benzene rings is 2. The molecule has 1 aliphatic rings. The molecule has 2 aromatic carbocycles. The molecule has 0 saturated carbocycles. The lowest BCUT2D eigenvalue weighted by Crippen LogP contribution is -2.16. The summed E-state index contributed by atoms with van der Waals surface area (Å²) in [5.41, 5.74) is 4.48. The van der Waals surface area contributed by atoms with Gasteiger partial charge in [0.15, 0.2) is 0 Å². The first-order chi connectivity index (χ1) is 15.2. The summed E-state index contributed by atoms with van der Waals surface area (Å²) in [7, 11) is 0. The molecule has 0 radical (unpaired) electrons. The van der Waals surface area contributed by atoms with Crippen LogP contribution in [0.1, 0.15) is 36.1 Å². The summed E-state index contributed by atoms with van der Waals surface area (Å²) in [6, 6.07) is 16.6. The van der Waals surface area contributed by atoms with Crippen LogP contribution in [0.3, 0.4) is 0 Å². The van der Waals surface area contributed by atoms with Crippen molar-refractivity contribution in [3.8, 4) is 5.13 Å². The lowest BCUT2D eigenvalue weighted by atomic mass is 10.2. The zero-order valence-electron chi connectivity index (χ0n) is 17.4. The monoisotopic (exact) mass is 448 g/mol. The van der Waals surface area contributed by atoms with E-state index in [9.17, 15) is 4.79 Å². The maximum atomic E-state index is 12.7. The van der Waals surface area contributed by atoms with E-state index in [1.54, 1.807) is 23.1 Å². The minimum Gasteiger partial charge on any atom is -0.310 e. The molecule has 31 heavy (non-hydrogen) atoms. The molecule has 5 nitrogen and oxygen atoms in total. The van der Waals surface area contributed by atoms with Gasteiger partial charge < -0.3 is 5.32 Å². The fraction of sp³-hybridized carbons (Fsp3) is 0.292. The number of thioether (sulfide) groups is 1. The van der Waals surface area contributed by atoms with Crippen molar-refractivity contribution in [2.45, 2.75) is 43.9 Å². The number of rotatable bonds is 7. The van der Waals surface area contributed by atoms with Crippen LogP contribution >= 0.6 is 23.1 Å². The third-order valence-electron chi connectivity index (χ3n) is 5.47. The molecule has 4 aromatic rings. The minimum absolute atomic E-state index is 0.0430. The van der Waals surface area contributed by atoms with Gasteiger partial charge in [0.05, 0.1) is 15.9 Å². The van der Waals surface area contributed by atoms with Crippen LogP contribution in [0, 0.1) is 6.92 Å². The van der Waals surface area contributed by atoms with Gasteiger partial charge in [0.2, 0.25) is 11.0 Å². The molecule has 0 fully saturated rings. The van der Waals surface area contributed by atoms with E-state index in [4.69, 9.17) is 10.1 Å². The summed E-state index contributed by atoms with van der Waals surface area (Å²) in [6.45, 7) is 2.09. The van der Waals surface area contributed by atoms with Gasteiger partial charge in [-0.05, 0) is 62.6 Å². The first-order valence-corrected chi connectivity index (χ1v) is 12.4. The molecule has 0 bridgehead atoms. The Bertz CT molecular complexity index is 1190. The second kappa shape index (κ2) is 8.85. The molecule has 5 rings (SSSR count).